The summed E-state index contributed by atoms with van der Waals surface area (Å²) in [6.45, 7) is 3.34. The molecule has 0 aliphatic carbocycles. The fourth-order valence-electron chi connectivity index (χ4n) is 3.19. The van der Waals surface area contributed by atoms with E-state index in [0.29, 0.717) is 12.1 Å². The summed E-state index contributed by atoms with van der Waals surface area (Å²) >= 11 is 0. The van der Waals surface area contributed by atoms with Crippen LogP contribution in [-0.4, -0.2) is 23.6 Å². The van der Waals surface area contributed by atoms with E-state index in [1.54, 1.807) is 19.3 Å². The van der Waals surface area contributed by atoms with Gasteiger partial charge in [-0.2, -0.15) is 0 Å². The van der Waals surface area contributed by atoms with Crippen LogP contribution in [-0.2, 0) is 11.8 Å². The van der Waals surface area contributed by atoms with Crippen molar-refractivity contribution < 1.29 is 9.53 Å². The van der Waals surface area contributed by atoms with E-state index in [2.05, 4.69) is 36.5 Å². The molecule has 1 aromatic heterocycles. The van der Waals surface area contributed by atoms with E-state index in [4.69, 9.17) is 4.74 Å². The molecule has 1 aliphatic heterocycles. The van der Waals surface area contributed by atoms with Gasteiger partial charge in [-0.15, -0.1) is 0 Å². The minimum Gasteiger partial charge on any atom is -0.373 e. The molecule has 2 heterocycles. The van der Waals surface area contributed by atoms with Crippen molar-refractivity contribution >= 4 is 5.91 Å². The van der Waals surface area contributed by atoms with Gasteiger partial charge in [-0.05, 0) is 31.4 Å². The predicted molar refractivity (Wildman–Crippen MR) is 96.6 cm³/mol. The Bertz CT molecular complexity index is 795. The Kier molecular flexibility index (Phi) is 5.34. The monoisotopic (exact) mass is 340 g/mol. The smallest absolute Gasteiger partial charge is 0.251 e. The van der Waals surface area contributed by atoms with Crippen molar-refractivity contribution in [2.75, 3.05) is 13.2 Å². The van der Waals surface area contributed by atoms with Crippen molar-refractivity contribution in [3.8, 4) is 0 Å². The molecule has 1 amide bonds. The quantitative estimate of drug-likeness (QED) is 0.931. The van der Waals surface area contributed by atoms with Crippen molar-refractivity contribution in [2.24, 2.45) is 13.0 Å². The third-order valence-corrected chi connectivity index (χ3v) is 4.74. The number of ether oxygens (including phenoxy) is 1. The first-order chi connectivity index (χ1) is 12.0. The second-order valence-electron chi connectivity index (χ2n) is 6.68. The lowest BCUT2D eigenvalue weighted by atomic mass is 9.89. The largest absolute Gasteiger partial charge is 0.373 e. The highest BCUT2D eigenvalue weighted by molar-refractivity contribution is 5.93. The first-order valence-corrected chi connectivity index (χ1v) is 8.67. The molecule has 5 nitrogen and oxygen atoms in total. The normalized spacial score (nSPS) is 20.2. The van der Waals surface area contributed by atoms with Gasteiger partial charge >= 0.3 is 0 Å². The van der Waals surface area contributed by atoms with Gasteiger partial charge in [0.15, 0.2) is 0 Å². The summed E-state index contributed by atoms with van der Waals surface area (Å²) in [5, 5.41) is 2.96. The summed E-state index contributed by atoms with van der Waals surface area (Å²) in [6.07, 6.45) is 3.61. The van der Waals surface area contributed by atoms with Gasteiger partial charge in [0, 0.05) is 43.9 Å². The zero-order valence-corrected chi connectivity index (χ0v) is 14.7. The first-order valence-electron chi connectivity index (χ1n) is 8.67. The topological polar surface area (TPSA) is 60.3 Å². The molecule has 0 spiro atoms. The second kappa shape index (κ2) is 7.66. The van der Waals surface area contributed by atoms with E-state index < -0.39 is 0 Å². The van der Waals surface area contributed by atoms with E-state index in [9.17, 15) is 9.59 Å². The molecule has 1 fully saturated rings. The van der Waals surface area contributed by atoms with Gasteiger partial charge in [0.05, 0.1) is 6.10 Å². The van der Waals surface area contributed by atoms with E-state index in [1.165, 1.54) is 16.2 Å². The lowest BCUT2D eigenvalue weighted by Gasteiger charge is -2.32. The van der Waals surface area contributed by atoms with E-state index in [0.717, 1.165) is 25.0 Å². The van der Waals surface area contributed by atoms with Crippen molar-refractivity contribution in [1.82, 2.24) is 9.88 Å². The van der Waals surface area contributed by atoms with Gasteiger partial charge in [0.25, 0.3) is 11.5 Å². The third kappa shape index (κ3) is 4.17. The highest BCUT2D eigenvalue weighted by atomic mass is 16.5. The first kappa shape index (κ1) is 17.4. The predicted octanol–water partition coefficient (Wildman–Crippen LogP) is 2.59. The molecule has 5 heteroatoms. The number of pyridine rings is 1. The molecule has 3 rings (SSSR count). The Balaban J connectivity index is 1.67. The van der Waals surface area contributed by atoms with Crippen molar-refractivity contribution in [1.29, 1.82) is 0 Å². The molecule has 1 saturated heterocycles. The summed E-state index contributed by atoms with van der Waals surface area (Å²) < 4.78 is 7.43. The molecule has 1 aromatic carbocycles. The van der Waals surface area contributed by atoms with E-state index >= 15 is 0 Å². The van der Waals surface area contributed by atoms with Crippen LogP contribution in [0.1, 0.15) is 40.4 Å². The van der Waals surface area contributed by atoms with Crippen LogP contribution in [0.25, 0.3) is 0 Å². The molecular weight excluding hydrogens is 316 g/mol. The average molecular weight is 340 g/mol. The Labute approximate surface area is 147 Å². The highest BCUT2D eigenvalue weighted by Crippen LogP contribution is 2.33. The molecule has 2 unspecified atom stereocenters. The van der Waals surface area contributed by atoms with Crippen molar-refractivity contribution in [3.63, 3.8) is 0 Å². The van der Waals surface area contributed by atoms with Crippen LogP contribution in [0.3, 0.4) is 0 Å². The summed E-state index contributed by atoms with van der Waals surface area (Å²) in [5.74, 6) is 0.0119. The minimum absolute atomic E-state index is 0.00158. The Morgan fingerprint density at radius 2 is 2.04 bits per heavy atom. The maximum absolute atomic E-state index is 12.3. The fraction of sp³-hybridized carbons (Fsp3) is 0.400. The fourth-order valence-corrected chi connectivity index (χ4v) is 3.19. The van der Waals surface area contributed by atoms with Crippen LogP contribution in [0.15, 0.2) is 47.4 Å². The summed E-state index contributed by atoms with van der Waals surface area (Å²) in [7, 11) is 1.66. The van der Waals surface area contributed by atoms with E-state index in [-0.39, 0.29) is 23.5 Å². The molecular formula is C20H24N2O3. The number of nitrogens with zero attached hydrogens (tertiary/aromatic N) is 1. The van der Waals surface area contributed by atoms with Gasteiger partial charge in [-0.3, -0.25) is 9.59 Å². The molecule has 2 atom stereocenters. The zero-order valence-electron chi connectivity index (χ0n) is 14.7. The Morgan fingerprint density at radius 1 is 1.28 bits per heavy atom. The Morgan fingerprint density at radius 3 is 2.76 bits per heavy atom. The zero-order chi connectivity index (χ0) is 17.8. The molecule has 132 valence electrons. The molecule has 0 bridgehead atoms. The lowest BCUT2D eigenvalue weighted by Crippen LogP contribution is -2.35. The molecule has 1 aliphatic rings. The van der Waals surface area contributed by atoms with Crippen molar-refractivity contribution in [3.05, 3.63) is 69.6 Å². The summed E-state index contributed by atoms with van der Waals surface area (Å²) in [5.41, 5.74) is 2.58. The van der Waals surface area contributed by atoms with Gasteiger partial charge in [0.1, 0.15) is 0 Å². The maximum atomic E-state index is 12.3. The summed E-state index contributed by atoms with van der Waals surface area (Å²) in [6, 6.07) is 11.4. The molecule has 0 saturated carbocycles. The lowest BCUT2D eigenvalue weighted by molar-refractivity contribution is -0.0272. The number of aromatic nitrogens is 1. The number of amides is 1. The average Bonchev–Trinajstić information content (AvgIpc) is 2.63. The highest BCUT2D eigenvalue weighted by Gasteiger charge is 2.27. The standard InChI is InChI=1S/C20H24N2O3/c1-14-5-7-15(8-6-14)19-17(4-3-11-25-19)13-21-20(24)16-9-10-22(2)18(23)12-16/h5-10,12,17,19H,3-4,11,13H2,1-2H3,(H,21,24). The van der Waals surface area contributed by atoms with Crippen LogP contribution < -0.4 is 10.9 Å². The summed E-state index contributed by atoms with van der Waals surface area (Å²) in [4.78, 5) is 24.0. The molecule has 2 aromatic rings. The number of aryl methyl sites for hydroxylation is 2. The van der Waals surface area contributed by atoms with Crippen LogP contribution in [0, 0.1) is 12.8 Å². The van der Waals surface area contributed by atoms with Gasteiger partial charge in [0.2, 0.25) is 0 Å². The van der Waals surface area contributed by atoms with Gasteiger partial charge in [-0.1, -0.05) is 29.8 Å². The molecule has 25 heavy (non-hydrogen) atoms. The number of hydrogen-bond donors (Lipinski definition) is 1. The van der Waals surface area contributed by atoms with Gasteiger partial charge in [-0.25, -0.2) is 0 Å². The van der Waals surface area contributed by atoms with E-state index in [1.807, 2.05) is 0 Å². The van der Waals surface area contributed by atoms with Crippen LogP contribution >= 0.6 is 0 Å². The van der Waals surface area contributed by atoms with Crippen LogP contribution in [0.4, 0.5) is 0 Å². The Hall–Kier alpha value is -2.40. The SMILES string of the molecule is Cc1ccc(C2OCCCC2CNC(=O)c2ccn(C)c(=O)c2)cc1. The van der Waals surface area contributed by atoms with Crippen LogP contribution in [0.2, 0.25) is 0 Å². The molecule has 1 N–H and O–H groups in total. The van der Waals surface area contributed by atoms with Crippen LogP contribution in [0.5, 0.6) is 0 Å². The minimum atomic E-state index is -0.217. The number of carbonyl (C=O) groups excluding carboxylic acids is 1. The number of nitrogens with one attached hydrogen (secondary N) is 1. The maximum Gasteiger partial charge on any atom is 0.251 e. The van der Waals surface area contributed by atoms with Crippen molar-refractivity contribution in [2.45, 2.75) is 25.9 Å². The number of benzene rings is 1. The third-order valence-electron chi connectivity index (χ3n) is 4.74. The number of rotatable bonds is 4. The number of hydrogen-bond acceptors (Lipinski definition) is 3. The number of carbonyl (C=O) groups is 1. The second-order valence-corrected chi connectivity index (χ2v) is 6.68. The molecule has 0 radical (unpaired) electrons. The van der Waals surface area contributed by atoms with Gasteiger partial charge < -0.3 is 14.6 Å².